The first-order chi connectivity index (χ1) is 14.6. The number of ether oxygens (including phenoxy) is 3. The quantitative estimate of drug-likeness (QED) is 0.833. The Kier molecular flexibility index (Phi) is 5.20. The van der Waals surface area contributed by atoms with E-state index in [0.717, 1.165) is 16.7 Å². The molecule has 4 rings (SSSR count). The maximum absolute atomic E-state index is 12.5. The van der Waals surface area contributed by atoms with Gasteiger partial charge in [-0.15, -0.1) is 0 Å². The molecule has 6 nitrogen and oxygen atoms in total. The van der Waals surface area contributed by atoms with Gasteiger partial charge in [-0.1, -0.05) is 36.4 Å². The molecule has 2 aromatic rings. The lowest BCUT2D eigenvalue weighted by atomic mass is 9.70. The molecule has 0 fully saturated rings. The third-order valence-electron chi connectivity index (χ3n) is 5.66. The highest BCUT2D eigenvalue weighted by molar-refractivity contribution is 5.84. The number of nitrogens with zero attached hydrogens (tertiary/aromatic N) is 1. The molecule has 2 atom stereocenters. The number of ketones is 1. The zero-order chi connectivity index (χ0) is 21.3. The van der Waals surface area contributed by atoms with E-state index in [1.54, 1.807) is 20.3 Å². The van der Waals surface area contributed by atoms with Crippen molar-refractivity contribution in [3.8, 4) is 17.6 Å². The second kappa shape index (κ2) is 7.96. The van der Waals surface area contributed by atoms with E-state index in [2.05, 4.69) is 6.07 Å². The molecule has 2 aliphatic rings. The van der Waals surface area contributed by atoms with Crippen LogP contribution in [0.3, 0.4) is 0 Å². The van der Waals surface area contributed by atoms with Crippen molar-refractivity contribution in [2.24, 2.45) is 5.73 Å². The van der Waals surface area contributed by atoms with Crippen LogP contribution in [0.2, 0.25) is 0 Å². The molecule has 2 N–H and O–H groups in total. The van der Waals surface area contributed by atoms with E-state index < -0.39 is 5.92 Å². The summed E-state index contributed by atoms with van der Waals surface area (Å²) in [5.41, 5.74) is 9.10. The van der Waals surface area contributed by atoms with Gasteiger partial charge in [0, 0.05) is 24.0 Å². The summed E-state index contributed by atoms with van der Waals surface area (Å²) < 4.78 is 16.8. The molecule has 2 aromatic carbocycles. The van der Waals surface area contributed by atoms with Crippen molar-refractivity contribution in [1.82, 2.24) is 0 Å². The minimum Gasteiger partial charge on any atom is -0.497 e. The first-order valence-corrected chi connectivity index (χ1v) is 9.66. The molecule has 30 heavy (non-hydrogen) atoms. The molecule has 6 heteroatoms. The van der Waals surface area contributed by atoms with Crippen molar-refractivity contribution in [3.63, 3.8) is 0 Å². The number of rotatable bonds is 4. The maximum atomic E-state index is 12.5. The van der Waals surface area contributed by atoms with Crippen LogP contribution in [0, 0.1) is 11.3 Å². The van der Waals surface area contributed by atoms with Crippen LogP contribution in [-0.2, 0) is 9.53 Å². The van der Waals surface area contributed by atoms with E-state index >= 15 is 0 Å². The minimum absolute atomic E-state index is 0.0284. The van der Waals surface area contributed by atoms with Crippen molar-refractivity contribution < 1.29 is 19.0 Å². The number of nitriles is 1. The molecule has 0 unspecified atom stereocenters. The highest BCUT2D eigenvalue weighted by Gasteiger charge is 2.42. The van der Waals surface area contributed by atoms with Gasteiger partial charge in [-0.25, -0.2) is 0 Å². The molecule has 1 heterocycles. The second-order valence-corrected chi connectivity index (χ2v) is 7.29. The van der Waals surface area contributed by atoms with E-state index in [-0.39, 0.29) is 24.0 Å². The van der Waals surface area contributed by atoms with Crippen molar-refractivity contribution in [1.29, 1.82) is 5.26 Å². The van der Waals surface area contributed by atoms with Gasteiger partial charge >= 0.3 is 0 Å². The summed E-state index contributed by atoms with van der Waals surface area (Å²) in [7, 11) is 3.16. The standard InChI is InChI=1S/C24H22N2O4/c1-28-16-8-9-17(20(12-16)29-2)22-19(13-25)24(26)30-21-11-15(27)10-18(23(21)22)14-6-4-3-5-7-14/h3-9,12,18,22H,10-11,26H2,1-2H3/t18-,22+/m1/s1. The SMILES string of the molecule is COc1ccc([C@H]2C(C#N)=C(N)OC3=C2[C@@H](c2ccccc2)CC(=O)C3)c(OC)c1. The van der Waals surface area contributed by atoms with Gasteiger partial charge in [-0.3, -0.25) is 4.79 Å². The summed E-state index contributed by atoms with van der Waals surface area (Å²) in [4.78, 5) is 12.5. The smallest absolute Gasteiger partial charge is 0.205 e. The van der Waals surface area contributed by atoms with Crippen LogP contribution < -0.4 is 15.2 Å². The molecule has 0 spiro atoms. The van der Waals surface area contributed by atoms with Gasteiger partial charge in [0.2, 0.25) is 5.88 Å². The van der Waals surface area contributed by atoms with Crippen LogP contribution in [0.5, 0.6) is 11.5 Å². The normalized spacial score (nSPS) is 20.9. The molecular weight excluding hydrogens is 380 g/mol. The van der Waals surface area contributed by atoms with Gasteiger partial charge in [0.1, 0.15) is 34.7 Å². The van der Waals surface area contributed by atoms with E-state index in [4.69, 9.17) is 19.9 Å². The summed E-state index contributed by atoms with van der Waals surface area (Å²) in [5, 5.41) is 9.93. The van der Waals surface area contributed by atoms with Crippen molar-refractivity contribution in [2.75, 3.05) is 14.2 Å². The Morgan fingerprint density at radius 3 is 2.57 bits per heavy atom. The zero-order valence-electron chi connectivity index (χ0n) is 16.8. The Morgan fingerprint density at radius 2 is 1.90 bits per heavy atom. The Bertz CT molecular complexity index is 1100. The summed E-state index contributed by atoms with van der Waals surface area (Å²) in [6, 6.07) is 17.5. The topological polar surface area (TPSA) is 94.6 Å². The minimum atomic E-state index is -0.474. The van der Waals surface area contributed by atoms with Gasteiger partial charge in [-0.2, -0.15) is 5.26 Å². The van der Waals surface area contributed by atoms with E-state index in [1.165, 1.54) is 0 Å². The summed E-state index contributed by atoms with van der Waals surface area (Å²) >= 11 is 0. The van der Waals surface area contributed by atoms with Crippen LogP contribution in [-0.4, -0.2) is 20.0 Å². The Hall–Kier alpha value is -3.72. The number of carbonyl (C=O) groups is 1. The largest absolute Gasteiger partial charge is 0.497 e. The van der Waals surface area contributed by atoms with Crippen molar-refractivity contribution in [3.05, 3.63) is 82.4 Å². The second-order valence-electron chi connectivity index (χ2n) is 7.29. The molecule has 0 bridgehead atoms. The summed E-state index contributed by atoms with van der Waals surface area (Å²) in [6.45, 7) is 0. The summed E-state index contributed by atoms with van der Waals surface area (Å²) in [5.74, 6) is 1.17. The van der Waals surface area contributed by atoms with Gasteiger partial charge in [0.25, 0.3) is 0 Å². The molecular formula is C24H22N2O4. The predicted octanol–water partition coefficient (Wildman–Crippen LogP) is 3.91. The number of benzene rings is 2. The number of hydrogen-bond acceptors (Lipinski definition) is 6. The fourth-order valence-corrected chi connectivity index (χ4v) is 4.31. The monoisotopic (exact) mass is 402 g/mol. The Balaban J connectivity index is 1.95. The lowest BCUT2D eigenvalue weighted by molar-refractivity contribution is -0.119. The summed E-state index contributed by atoms with van der Waals surface area (Å²) in [6.07, 6.45) is 0.507. The Labute approximate surface area is 175 Å². The fraction of sp³-hybridized carbons (Fsp3) is 0.250. The first-order valence-electron chi connectivity index (χ1n) is 9.66. The molecule has 0 aromatic heterocycles. The fourth-order valence-electron chi connectivity index (χ4n) is 4.31. The maximum Gasteiger partial charge on any atom is 0.205 e. The number of allylic oxidation sites excluding steroid dienone is 3. The molecule has 1 aliphatic heterocycles. The van der Waals surface area contributed by atoms with Crippen LogP contribution in [0.1, 0.15) is 35.8 Å². The van der Waals surface area contributed by atoms with Crippen LogP contribution in [0.25, 0.3) is 0 Å². The number of nitrogens with two attached hydrogens (primary N) is 1. The predicted molar refractivity (Wildman–Crippen MR) is 111 cm³/mol. The van der Waals surface area contributed by atoms with Crippen molar-refractivity contribution in [2.45, 2.75) is 24.7 Å². The molecule has 1 aliphatic carbocycles. The first kappa shape index (κ1) is 19.6. The number of hydrogen-bond donors (Lipinski definition) is 1. The average Bonchev–Trinajstić information content (AvgIpc) is 2.77. The highest BCUT2D eigenvalue weighted by atomic mass is 16.5. The van der Waals surface area contributed by atoms with Crippen LogP contribution >= 0.6 is 0 Å². The number of Topliss-reactive ketones (excluding diaryl/α,β-unsaturated/α-hetero) is 1. The number of methoxy groups -OCH3 is 2. The van der Waals surface area contributed by atoms with Gasteiger partial charge < -0.3 is 19.9 Å². The molecule has 0 amide bonds. The lowest BCUT2D eigenvalue weighted by Gasteiger charge is -2.37. The van der Waals surface area contributed by atoms with Gasteiger partial charge in [0.15, 0.2) is 0 Å². The Morgan fingerprint density at radius 1 is 1.13 bits per heavy atom. The molecule has 152 valence electrons. The number of carbonyl (C=O) groups excluding carboxylic acids is 1. The zero-order valence-corrected chi connectivity index (χ0v) is 16.8. The molecule has 0 saturated carbocycles. The van der Waals surface area contributed by atoms with E-state index in [0.29, 0.717) is 29.3 Å². The molecule has 0 radical (unpaired) electrons. The molecule has 0 saturated heterocycles. The van der Waals surface area contributed by atoms with Crippen LogP contribution in [0.4, 0.5) is 0 Å². The third-order valence-corrected chi connectivity index (χ3v) is 5.66. The van der Waals surface area contributed by atoms with Gasteiger partial charge in [-0.05, 0) is 17.2 Å². The van der Waals surface area contributed by atoms with Crippen LogP contribution in [0.15, 0.2) is 71.3 Å². The van der Waals surface area contributed by atoms with Crippen molar-refractivity contribution >= 4 is 5.78 Å². The average molecular weight is 402 g/mol. The third kappa shape index (κ3) is 3.29. The van der Waals surface area contributed by atoms with Gasteiger partial charge in [0.05, 0.1) is 26.6 Å². The van der Waals surface area contributed by atoms with E-state index in [9.17, 15) is 10.1 Å². The van der Waals surface area contributed by atoms with E-state index in [1.807, 2.05) is 42.5 Å². The highest BCUT2D eigenvalue weighted by Crippen LogP contribution is 2.51. The lowest BCUT2D eigenvalue weighted by Crippen LogP contribution is -2.29.